The first-order valence-corrected chi connectivity index (χ1v) is 8.30. The molecule has 0 saturated heterocycles. The largest absolute Gasteiger partial charge is 0.491 e. The lowest BCUT2D eigenvalue weighted by molar-refractivity contribution is 0.00812. The summed E-state index contributed by atoms with van der Waals surface area (Å²) in [5.74, 6) is 0.896. The Balaban J connectivity index is 1.56. The zero-order valence-corrected chi connectivity index (χ0v) is 13.7. The normalized spacial score (nSPS) is 22.7. The van der Waals surface area contributed by atoms with Crippen molar-refractivity contribution < 1.29 is 9.47 Å². The fourth-order valence-electron chi connectivity index (χ4n) is 2.63. The van der Waals surface area contributed by atoms with E-state index >= 15 is 0 Å². The third kappa shape index (κ3) is 5.43. The van der Waals surface area contributed by atoms with Crippen molar-refractivity contribution in [3.8, 4) is 5.75 Å². The van der Waals surface area contributed by atoms with Gasteiger partial charge in [-0.1, -0.05) is 22.9 Å². The molecule has 1 aromatic carbocycles. The second kappa shape index (κ2) is 8.65. The quantitative estimate of drug-likeness (QED) is 0.766. The molecule has 1 fully saturated rings. The Morgan fingerprint density at radius 3 is 2.45 bits per heavy atom. The minimum absolute atomic E-state index is 0.415. The van der Waals surface area contributed by atoms with Gasteiger partial charge >= 0.3 is 0 Å². The highest BCUT2D eigenvalue weighted by Gasteiger charge is 2.20. The van der Waals surface area contributed by atoms with E-state index in [2.05, 4.69) is 28.2 Å². The summed E-state index contributed by atoms with van der Waals surface area (Å²) >= 11 is 3.41. The SMILES string of the molecule is CCNC1CCC(OCCOc2ccc(Br)cc2)CC1. The van der Waals surface area contributed by atoms with E-state index in [-0.39, 0.29) is 0 Å². The van der Waals surface area contributed by atoms with Crippen molar-refractivity contribution in [2.24, 2.45) is 0 Å². The molecule has 0 atom stereocenters. The van der Waals surface area contributed by atoms with Crippen molar-refractivity contribution in [3.05, 3.63) is 28.7 Å². The Labute approximate surface area is 130 Å². The van der Waals surface area contributed by atoms with E-state index in [0.717, 1.165) is 29.6 Å². The maximum Gasteiger partial charge on any atom is 0.119 e. The number of hydrogen-bond acceptors (Lipinski definition) is 3. The van der Waals surface area contributed by atoms with Crippen LogP contribution in [0, 0.1) is 0 Å². The van der Waals surface area contributed by atoms with Crippen LogP contribution in [0.1, 0.15) is 32.6 Å². The van der Waals surface area contributed by atoms with Gasteiger partial charge in [0.1, 0.15) is 12.4 Å². The van der Waals surface area contributed by atoms with Crippen molar-refractivity contribution >= 4 is 15.9 Å². The Hall–Kier alpha value is -0.580. The highest BCUT2D eigenvalue weighted by Crippen LogP contribution is 2.21. The molecule has 1 aliphatic carbocycles. The molecule has 0 aromatic heterocycles. The summed E-state index contributed by atoms with van der Waals surface area (Å²) in [7, 11) is 0. The maximum atomic E-state index is 5.89. The molecule has 1 aliphatic rings. The molecule has 2 rings (SSSR count). The third-order valence-electron chi connectivity index (χ3n) is 3.69. The summed E-state index contributed by atoms with van der Waals surface area (Å²) in [5.41, 5.74) is 0. The Morgan fingerprint density at radius 2 is 1.80 bits per heavy atom. The molecule has 0 amide bonds. The van der Waals surface area contributed by atoms with Gasteiger partial charge in [0.25, 0.3) is 0 Å². The van der Waals surface area contributed by atoms with Gasteiger partial charge in [0.05, 0.1) is 12.7 Å². The van der Waals surface area contributed by atoms with Crippen LogP contribution < -0.4 is 10.1 Å². The van der Waals surface area contributed by atoms with Crippen LogP contribution in [0.4, 0.5) is 0 Å². The van der Waals surface area contributed by atoms with E-state index in [4.69, 9.17) is 9.47 Å². The van der Waals surface area contributed by atoms with Crippen molar-refractivity contribution in [1.29, 1.82) is 0 Å². The second-order valence-corrected chi connectivity index (χ2v) is 6.12. The van der Waals surface area contributed by atoms with Gasteiger partial charge in [-0.2, -0.15) is 0 Å². The van der Waals surface area contributed by atoms with Gasteiger partial charge in [0, 0.05) is 10.5 Å². The number of nitrogens with one attached hydrogen (secondary N) is 1. The third-order valence-corrected chi connectivity index (χ3v) is 4.21. The molecule has 20 heavy (non-hydrogen) atoms. The molecule has 0 spiro atoms. The molecule has 4 heteroatoms. The van der Waals surface area contributed by atoms with Gasteiger partial charge < -0.3 is 14.8 Å². The van der Waals surface area contributed by atoms with E-state index in [9.17, 15) is 0 Å². The predicted molar refractivity (Wildman–Crippen MR) is 85.3 cm³/mol. The van der Waals surface area contributed by atoms with E-state index < -0.39 is 0 Å². The molecular weight excluding hydrogens is 318 g/mol. The van der Waals surface area contributed by atoms with Crippen LogP contribution in [-0.4, -0.2) is 31.9 Å². The van der Waals surface area contributed by atoms with Gasteiger partial charge in [-0.05, 0) is 56.5 Å². The molecule has 112 valence electrons. The summed E-state index contributed by atoms with van der Waals surface area (Å²) in [6.07, 6.45) is 5.20. The summed E-state index contributed by atoms with van der Waals surface area (Å²) in [6.45, 7) is 4.53. The lowest BCUT2D eigenvalue weighted by Crippen LogP contribution is -2.35. The number of benzene rings is 1. The standard InChI is InChI=1S/C16H24BrNO2/c1-2-18-14-5-9-16(10-6-14)20-12-11-19-15-7-3-13(17)4-8-15/h3-4,7-8,14,16,18H,2,5-6,9-12H2,1H3. The summed E-state index contributed by atoms with van der Waals surface area (Å²) in [6, 6.07) is 8.59. The molecule has 0 aliphatic heterocycles. The monoisotopic (exact) mass is 341 g/mol. The van der Waals surface area contributed by atoms with Crippen LogP contribution in [0.3, 0.4) is 0 Å². The number of hydrogen-bond donors (Lipinski definition) is 1. The zero-order chi connectivity index (χ0) is 14.2. The first-order chi connectivity index (χ1) is 9.78. The van der Waals surface area contributed by atoms with Crippen molar-refractivity contribution in [2.75, 3.05) is 19.8 Å². The molecule has 1 saturated carbocycles. The molecule has 0 unspecified atom stereocenters. The highest BCUT2D eigenvalue weighted by molar-refractivity contribution is 9.10. The van der Waals surface area contributed by atoms with Crippen LogP contribution in [0.2, 0.25) is 0 Å². The summed E-state index contributed by atoms with van der Waals surface area (Å²) < 4.78 is 12.6. The van der Waals surface area contributed by atoms with Crippen LogP contribution in [-0.2, 0) is 4.74 Å². The van der Waals surface area contributed by atoms with Gasteiger partial charge in [-0.15, -0.1) is 0 Å². The molecular formula is C16H24BrNO2. The minimum Gasteiger partial charge on any atom is -0.491 e. The maximum absolute atomic E-state index is 5.89. The summed E-state index contributed by atoms with van der Waals surface area (Å²) in [5, 5.41) is 3.51. The lowest BCUT2D eigenvalue weighted by atomic mass is 9.93. The second-order valence-electron chi connectivity index (χ2n) is 5.20. The van der Waals surface area contributed by atoms with Crippen molar-refractivity contribution in [3.63, 3.8) is 0 Å². The fourth-order valence-corrected chi connectivity index (χ4v) is 2.89. The molecule has 1 aromatic rings. The van der Waals surface area contributed by atoms with Crippen LogP contribution in [0.15, 0.2) is 28.7 Å². The summed E-state index contributed by atoms with van der Waals surface area (Å²) in [4.78, 5) is 0. The van der Waals surface area contributed by atoms with E-state index in [0.29, 0.717) is 25.4 Å². The average Bonchev–Trinajstić information content (AvgIpc) is 2.47. The van der Waals surface area contributed by atoms with Gasteiger partial charge in [-0.3, -0.25) is 0 Å². The fraction of sp³-hybridized carbons (Fsp3) is 0.625. The van der Waals surface area contributed by atoms with Crippen LogP contribution in [0.25, 0.3) is 0 Å². The van der Waals surface area contributed by atoms with Crippen molar-refractivity contribution in [1.82, 2.24) is 5.32 Å². The minimum atomic E-state index is 0.415. The number of halogens is 1. The number of ether oxygens (including phenoxy) is 2. The molecule has 0 bridgehead atoms. The first kappa shape index (κ1) is 15.8. The highest BCUT2D eigenvalue weighted by atomic mass is 79.9. The Kier molecular flexibility index (Phi) is 6.83. The lowest BCUT2D eigenvalue weighted by Gasteiger charge is -2.28. The van der Waals surface area contributed by atoms with E-state index in [1.54, 1.807) is 0 Å². The van der Waals surface area contributed by atoms with Gasteiger partial charge in [0.15, 0.2) is 0 Å². The smallest absolute Gasteiger partial charge is 0.119 e. The van der Waals surface area contributed by atoms with E-state index in [1.807, 2.05) is 24.3 Å². The molecule has 0 radical (unpaired) electrons. The Morgan fingerprint density at radius 1 is 1.10 bits per heavy atom. The first-order valence-electron chi connectivity index (χ1n) is 7.51. The van der Waals surface area contributed by atoms with Crippen molar-refractivity contribution in [2.45, 2.75) is 44.8 Å². The topological polar surface area (TPSA) is 30.5 Å². The zero-order valence-electron chi connectivity index (χ0n) is 12.1. The van der Waals surface area contributed by atoms with Gasteiger partial charge in [0.2, 0.25) is 0 Å². The van der Waals surface area contributed by atoms with E-state index in [1.165, 1.54) is 12.8 Å². The van der Waals surface area contributed by atoms with Crippen LogP contribution in [0.5, 0.6) is 5.75 Å². The van der Waals surface area contributed by atoms with Gasteiger partial charge in [-0.25, -0.2) is 0 Å². The Bertz CT molecular complexity index is 375. The molecule has 0 heterocycles. The predicted octanol–water partition coefficient (Wildman–Crippen LogP) is 3.77. The van der Waals surface area contributed by atoms with Crippen LogP contribution >= 0.6 is 15.9 Å². The number of rotatable bonds is 7. The average molecular weight is 342 g/mol. The molecule has 1 N–H and O–H groups in total. The molecule has 3 nitrogen and oxygen atoms in total.